The largest absolute Gasteiger partial charge is 0.756 e. The highest BCUT2D eigenvalue weighted by Gasteiger charge is 2.23. The molecule has 0 heterocycles. The highest BCUT2D eigenvalue weighted by Crippen LogP contribution is 2.38. The van der Waals surface area contributed by atoms with E-state index in [2.05, 4.69) is 43.5 Å². The zero-order chi connectivity index (χ0) is 36.5. The number of amides is 1. The lowest BCUT2D eigenvalue weighted by atomic mass is 10.1. The summed E-state index contributed by atoms with van der Waals surface area (Å²) in [5, 5.41) is 13.7. The van der Waals surface area contributed by atoms with Crippen molar-refractivity contribution >= 4 is 13.7 Å². The van der Waals surface area contributed by atoms with Gasteiger partial charge < -0.3 is 28.8 Å². The number of allylic oxidation sites excluding steroid dienone is 5. The van der Waals surface area contributed by atoms with Crippen LogP contribution >= 0.6 is 7.82 Å². The summed E-state index contributed by atoms with van der Waals surface area (Å²) in [5.74, 6) is -0.219. The number of aliphatic hydroxyl groups excluding tert-OH is 1. The predicted octanol–water partition coefficient (Wildman–Crippen LogP) is 9.72. The van der Waals surface area contributed by atoms with E-state index in [4.69, 9.17) is 9.05 Å². The molecule has 1 amide bonds. The quantitative estimate of drug-likeness (QED) is 0.0293. The molecule has 0 aromatic carbocycles. The Balaban J connectivity index is 4.56. The number of carbonyl (C=O) groups excluding carboxylic acids is 1. The molecule has 0 spiro atoms. The minimum atomic E-state index is -4.59. The first-order chi connectivity index (χ1) is 23.5. The molecular weight excluding hydrogens is 635 g/mol. The number of nitrogens with one attached hydrogen (secondary N) is 1. The van der Waals surface area contributed by atoms with Crippen molar-refractivity contribution in [3.8, 4) is 0 Å². The number of phosphoric acid groups is 1. The molecule has 0 fully saturated rings. The van der Waals surface area contributed by atoms with E-state index in [-0.39, 0.29) is 12.5 Å². The summed E-state index contributed by atoms with van der Waals surface area (Å²) in [6.07, 6.45) is 37.6. The molecule has 0 aromatic heterocycles. The van der Waals surface area contributed by atoms with Crippen LogP contribution in [-0.4, -0.2) is 68.5 Å². The Morgan fingerprint density at radius 1 is 0.694 bits per heavy atom. The molecule has 288 valence electrons. The van der Waals surface area contributed by atoms with Gasteiger partial charge in [-0.25, -0.2) is 0 Å². The summed E-state index contributed by atoms with van der Waals surface area (Å²) in [5.41, 5.74) is 0. The van der Waals surface area contributed by atoms with E-state index in [9.17, 15) is 19.4 Å². The molecule has 3 unspecified atom stereocenters. The number of hydrogen-bond donors (Lipinski definition) is 2. The van der Waals surface area contributed by atoms with E-state index in [0.717, 1.165) is 57.8 Å². The molecule has 0 aliphatic rings. The molecule has 0 aliphatic carbocycles. The van der Waals surface area contributed by atoms with Crippen LogP contribution in [-0.2, 0) is 18.4 Å². The van der Waals surface area contributed by atoms with Crippen LogP contribution in [0.25, 0.3) is 0 Å². The number of aliphatic hydroxyl groups is 1. The maximum Gasteiger partial charge on any atom is 0.268 e. The fourth-order valence-electron chi connectivity index (χ4n) is 5.34. The van der Waals surface area contributed by atoms with E-state index >= 15 is 0 Å². The van der Waals surface area contributed by atoms with Gasteiger partial charge in [0.05, 0.1) is 39.9 Å². The zero-order valence-corrected chi connectivity index (χ0v) is 33.3. The van der Waals surface area contributed by atoms with E-state index < -0.39 is 26.6 Å². The maximum atomic E-state index is 12.8. The van der Waals surface area contributed by atoms with Crippen molar-refractivity contribution in [3.63, 3.8) is 0 Å². The van der Waals surface area contributed by atoms with E-state index in [1.807, 2.05) is 27.2 Å². The van der Waals surface area contributed by atoms with Crippen molar-refractivity contribution in [3.05, 3.63) is 36.5 Å². The lowest BCUT2D eigenvalue weighted by Crippen LogP contribution is -2.45. The summed E-state index contributed by atoms with van der Waals surface area (Å²) < 4.78 is 23.1. The van der Waals surface area contributed by atoms with Crippen LogP contribution in [0.1, 0.15) is 162 Å². The standard InChI is InChI=1S/C40H77N2O6P/c1-6-8-10-12-14-16-18-20-21-22-24-26-28-30-32-34-40(44)41-38(37-48-49(45,46)47-36-35-42(3,4)5)39(43)33-31-29-27-25-23-19-17-15-13-11-9-7-2/h20-21,23,25,31,33,38-39,43H,6-19,22,24,26-30,32,34-37H2,1-5H3,(H-,41,44,45,46)/b21-20-,25-23+,33-31+. The normalized spacial score (nSPS) is 15.0. The van der Waals surface area contributed by atoms with Crippen molar-refractivity contribution < 1.29 is 32.9 Å². The highest BCUT2D eigenvalue weighted by molar-refractivity contribution is 7.45. The first-order valence-corrected chi connectivity index (χ1v) is 21.3. The van der Waals surface area contributed by atoms with E-state index in [0.29, 0.717) is 17.4 Å². The van der Waals surface area contributed by atoms with Crippen LogP contribution in [0, 0.1) is 0 Å². The molecule has 0 aliphatic heterocycles. The second-order valence-electron chi connectivity index (χ2n) is 14.6. The van der Waals surface area contributed by atoms with Crippen molar-refractivity contribution in [1.29, 1.82) is 0 Å². The van der Waals surface area contributed by atoms with Crippen molar-refractivity contribution in [1.82, 2.24) is 5.32 Å². The number of carbonyl (C=O) groups is 1. The minimum absolute atomic E-state index is 0.00832. The number of hydrogen-bond acceptors (Lipinski definition) is 6. The van der Waals surface area contributed by atoms with Crippen molar-refractivity contribution in [2.45, 2.75) is 174 Å². The lowest BCUT2D eigenvalue weighted by Gasteiger charge is -2.29. The third-order valence-electron chi connectivity index (χ3n) is 8.57. The molecule has 0 radical (unpaired) electrons. The number of unbranched alkanes of at least 4 members (excludes halogenated alkanes) is 18. The smallest absolute Gasteiger partial charge is 0.268 e. The fraction of sp³-hybridized carbons (Fsp3) is 0.825. The summed E-state index contributed by atoms with van der Waals surface area (Å²) in [6.45, 7) is 4.57. The number of nitrogens with zero attached hydrogens (tertiary/aromatic N) is 1. The Morgan fingerprint density at radius 3 is 1.65 bits per heavy atom. The number of likely N-dealkylation sites (N-methyl/N-ethyl adjacent to an activating group) is 1. The molecule has 0 saturated carbocycles. The SMILES string of the molecule is CCCCCCCC/C=C\CCCCCCCC(=O)NC(COP(=O)([O-])OCC[N+](C)(C)C)C(O)/C=C/CC/C=C/CCCCCCCC. The lowest BCUT2D eigenvalue weighted by molar-refractivity contribution is -0.870. The van der Waals surface area contributed by atoms with Gasteiger partial charge in [0.1, 0.15) is 13.2 Å². The molecule has 3 atom stereocenters. The molecule has 0 aromatic rings. The molecule has 9 heteroatoms. The number of phosphoric ester groups is 1. The summed E-state index contributed by atoms with van der Waals surface area (Å²) in [7, 11) is 1.23. The van der Waals surface area contributed by atoms with Crippen molar-refractivity contribution in [2.24, 2.45) is 0 Å². The van der Waals surface area contributed by atoms with Gasteiger partial charge >= 0.3 is 0 Å². The van der Waals surface area contributed by atoms with Gasteiger partial charge in [-0.05, 0) is 57.8 Å². The Bertz CT molecular complexity index is 902. The fourth-order valence-corrected chi connectivity index (χ4v) is 6.06. The summed E-state index contributed by atoms with van der Waals surface area (Å²) in [6, 6.07) is -0.903. The molecule has 0 saturated heterocycles. The van der Waals surface area contributed by atoms with Gasteiger partial charge in [0.15, 0.2) is 0 Å². The molecule has 2 N–H and O–H groups in total. The second kappa shape index (κ2) is 32.6. The topological polar surface area (TPSA) is 108 Å². The van der Waals surface area contributed by atoms with Crippen LogP contribution in [0.15, 0.2) is 36.5 Å². The zero-order valence-electron chi connectivity index (χ0n) is 32.4. The average molecular weight is 713 g/mol. The van der Waals surface area contributed by atoms with Crippen LogP contribution in [0.5, 0.6) is 0 Å². The predicted molar refractivity (Wildman–Crippen MR) is 205 cm³/mol. The van der Waals surface area contributed by atoms with Crippen LogP contribution < -0.4 is 10.2 Å². The average Bonchev–Trinajstić information content (AvgIpc) is 3.04. The number of rotatable bonds is 35. The van der Waals surface area contributed by atoms with Crippen LogP contribution in [0.4, 0.5) is 0 Å². The molecule has 8 nitrogen and oxygen atoms in total. The molecule has 0 bridgehead atoms. The molecule has 0 rings (SSSR count). The van der Waals surface area contributed by atoms with Gasteiger partial charge in [0, 0.05) is 6.42 Å². The highest BCUT2D eigenvalue weighted by atomic mass is 31.2. The first-order valence-electron chi connectivity index (χ1n) is 19.9. The Morgan fingerprint density at radius 2 is 1.14 bits per heavy atom. The van der Waals surface area contributed by atoms with Gasteiger partial charge in [0.2, 0.25) is 5.91 Å². The monoisotopic (exact) mass is 713 g/mol. The van der Waals surface area contributed by atoms with Crippen LogP contribution in [0.3, 0.4) is 0 Å². The van der Waals surface area contributed by atoms with E-state index in [1.54, 1.807) is 6.08 Å². The Kier molecular flexibility index (Phi) is 31.8. The third-order valence-corrected chi connectivity index (χ3v) is 9.54. The van der Waals surface area contributed by atoms with Gasteiger partial charge in [-0.15, -0.1) is 0 Å². The van der Waals surface area contributed by atoms with Gasteiger partial charge in [0.25, 0.3) is 7.82 Å². The third kappa shape index (κ3) is 34.9. The van der Waals surface area contributed by atoms with Crippen LogP contribution in [0.2, 0.25) is 0 Å². The second-order valence-corrected chi connectivity index (χ2v) is 16.0. The maximum absolute atomic E-state index is 12.8. The molecule has 49 heavy (non-hydrogen) atoms. The Labute approximate surface area is 302 Å². The van der Waals surface area contributed by atoms with Gasteiger partial charge in [-0.1, -0.05) is 134 Å². The summed E-state index contributed by atoms with van der Waals surface area (Å²) in [4.78, 5) is 25.2. The first kappa shape index (κ1) is 47.7. The summed E-state index contributed by atoms with van der Waals surface area (Å²) >= 11 is 0. The van der Waals surface area contributed by atoms with E-state index in [1.165, 1.54) is 83.5 Å². The minimum Gasteiger partial charge on any atom is -0.756 e. The molecular formula is C40H77N2O6P. The van der Waals surface area contributed by atoms with Crippen molar-refractivity contribution in [2.75, 3.05) is 40.9 Å². The Hall–Kier alpha value is -1.28. The number of quaternary nitrogens is 1. The van der Waals surface area contributed by atoms with Gasteiger partial charge in [-0.3, -0.25) is 9.36 Å². The van der Waals surface area contributed by atoms with Gasteiger partial charge in [-0.2, -0.15) is 0 Å².